The van der Waals surface area contributed by atoms with Gasteiger partial charge < -0.3 is 4.90 Å². The first kappa shape index (κ1) is 20.2. The number of aryl methyl sites for hydroxylation is 2. The molecule has 0 saturated carbocycles. The smallest absolute Gasteiger partial charge is 0.254 e. The molecule has 0 bridgehead atoms. The Morgan fingerprint density at radius 2 is 1.46 bits per heavy atom. The van der Waals surface area contributed by atoms with Crippen LogP contribution in [0.4, 0.5) is 0 Å². The molecule has 2 aromatic rings. The number of hydrogen-bond donors (Lipinski definition) is 0. The number of sulfonamides is 1. The van der Waals surface area contributed by atoms with Crippen LogP contribution in [0, 0.1) is 13.8 Å². The van der Waals surface area contributed by atoms with Crippen LogP contribution in [0.25, 0.3) is 0 Å². The molecule has 2 aromatic carbocycles. The van der Waals surface area contributed by atoms with E-state index in [1.807, 2.05) is 32.0 Å². The highest BCUT2D eigenvalue weighted by Crippen LogP contribution is 2.21. The molecule has 0 unspecified atom stereocenters. The fraction of sp³-hybridized carbons (Fsp3) is 0.333. The molecule has 0 aliphatic carbocycles. The normalized spacial score (nSPS) is 15.5. The van der Waals surface area contributed by atoms with Gasteiger partial charge in [-0.3, -0.25) is 9.59 Å². The number of hydrogen-bond acceptors (Lipinski definition) is 4. The van der Waals surface area contributed by atoms with E-state index in [4.69, 9.17) is 0 Å². The fourth-order valence-corrected chi connectivity index (χ4v) is 4.21. The Hall–Kier alpha value is -2.51. The summed E-state index contributed by atoms with van der Waals surface area (Å²) in [5.41, 5.74) is 3.14. The molecule has 0 atom stereocenters. The third-order valence-corrected chi connectivity index (χ3v) is 6.34. The molecule has 7 heteroatoms. The summed E-state index contributed by atoms with van der Waals surface area (Å²) < 4.78 is 24.7. The Morgan fingerprint density at radius 1 is 0.857 bits per heavy atom. The summed E-state index contributed by atoms with van der Waals surface area (Å²) in [5.74, 6) is -0.428. The minimum Gasteiger partial charge on any atom is -0.336 e. The molecule has 1 saturated heterocycles. The molecule has 1 heterocycles. The third kappa shape index (κ3) is 4.15. The summed E-state index contributed by atoms with van der Waals surface area (Å²) in [6.07, 6.45) is 1.17. The molecular formula is C21H24N2O4S. The Balaban J connectivity index is 1.87. The van der Waals surface area contributed by atoms with Gasteiger partial charge in [0, 0.05) is 37.3 Å². The van der Waals surface area contributed by atoms with E-state index in [2.05, 4.69) is 0 Å². The van der Waals surface area contributed by atoms with Crippen LogP contribution in [-0.2, 0) is 10.0 Å². The number of benzene rings is 2. The molecule has 1 fully saturated rings. The quantitative estimate of drug-likeness (QED) is 0.738. The van der Waals surface area contributed by atoms with E-state index < -0.39 is 10.0 Å². The van der Waals surface area contributed by atoms with Crippen LogP contribution in [-0.4, -0.2) is 61.7 Å². The van der Waals surface area contributed by atoms with E-state index in [0.717, 1.165) is 11.1 Å². The lowest BCUT2D eigenvalue weighted by atomic mass is 9.94. The molecule has 0 spiro atoms. The van der Waals surface area contributed by atoms with E-state index in [0.29, 0.717) is 29.8 Å². The fourth-order valence-electron chi connectivity index (χ4n) is 3.39. The number of carbonyl (C=O) groups is 2. The van der Waals surface area contributed by atoms with Crippen LogP contribution in [0.1, 0.15) is 37.4 Å². The topological polar surface area (TPSA) is 74.8 Å². The number of nitrogens with zero attached hydrogens (tertiary/aromatic N) is 2. The minimum absolute atomic E-state index is 0.181. The Morgan fingerprint density at radius 3 is 2.07 bits per heavy atom. The number of piperazine rings is 1. The van der Waals surface area contributed by atoms with Crippen molar-refractivity contribution in [1.82, 2.24) is 9.21 Å². The van der Waals surface area contributed by atoms with Crippen molar-refractivity contribution in [2.75, 3.05) is 32.4 Å². The standard InChI is InChI=1S/C21H24N2O4S/c1-15-8-9-16(2)19(14-15)20(24)17-6-4-5-7-18(17)21(25)22-10-12-23(13-11-22)28(3,26)27/h4-9,14H,10-13H2,1-3H3. The number of carbonyl (C=O) groups excluding carboxylic acids is 2. The highest BCUT2D eigenvalue weighted by atomic mass is 32.2. The van der Waals surface area contributed by atoms with E-state index in [1.165, 1.54) is 10.6 Å². The van der Waals surface area contributed by atoms with Gasteiger partial charge in [0.15, 0.2) is 5.78 Å². The van der Waals surface area contributed by atoms with Crippen molar-refractivity contribution in [2.45, 2.75) is 13.8 Å². The summed E-state index contributed by atoms with van der Waals surface area (Å²) >= 11 is 0. The second-order valence-electron chi connectivity index (χ2n) is 7.15. The van der Waals surface area contributed by atoms with E-state index in [1.54, 1.807) is 29.2 Å². The molecule has 3 rings (SSSR count). The highest BCUT2D eigenvalue weighted by molar-refractivity contribution is 7.88. The van der Waals surface area contributed by atoms with Gasteiger partial charge in [-0.05, 0) is 31.5 Å². The second-order valence-corrected chi connectivity index (χ2v) is 9.13. The largest absolute Gasteiger partial charge is 0.336 e. The van der Waals surface area contributed by atoms with Gasteiger partial charge in [-0.2, -0.15) is 4.31 Å². The predicted octanol–water partition coefficient (Wildman–Crippen LogP) is 2.25. The maximum atomic E-state index is 13.2. The number of amides is 1. The van der Waals surface area contributed by atoms with Crippen LogP contribution in [0.15, 0.2) is 42.5 Å². The Labute approximate surface area is 165 Å². The molecular weight excluding hydrogens is 376 g/mol. The first-order valence-electron chi connectivity index (χ1n) is 9.14. The number of ketones is 1. The zero-order valence-electron chi connectivity index (χ0n) is 16.3. The van der Waals surface area contributed by atoms with E-state index >= 15 is 0 Å². The van der Waals surface area contributed by atoms with Crippen LogP contribution in [0.2, 0.25) is 0 Å². The van der Waals surface area contributed by atoms with Gasteiger partial charge in [0.2, 0.25) is 10.0 Å². The zero-order valence-corrected chi connectivity index (χ0v) is 17.1. The van der Waals surface area contributed by atoms with Crippen molar-refractivity contribution >= 4 is 21.7 Å². The average molecular weight is 401 g/mol. The summed E-state index contributed by atoms with van der Waals surface area (Å²) in [7, 11) is -3.26. The van der Waals surface area contributed by atoms with Crippen molar-refractivity contribution in [3.63, 3.8) is 0 Å². The van der Waals surface area contributed by atoms with Crippen molar-refractivity contribution in [1.29, 1.82) is 0 Å². The number of rotatable bonds is 4. The lowest BCUT2D eigenvalue weighted by molar-refractivity contribution is 0.0695. The van der Waals surface area contributed by atoms with Crippen LogP contribution >= 0.6 is 0 Å². The van der Waals surface area contributed by atoms with Crippen molar-refractivity contribution in [3.8, 4) is 0 Å². The SMILES string of the molecule is Cc1ccc(C)c(C(=O)c2ccccc2C(=O)N2CCN(S(C)(=O)=O)CC2)c1. The first-order valence-corrected chi connectivity index (χ1v) is 11.0. The molecule has 148 valence electrons. The molecule has 28 heavy (non-hydrogen) atoms. The lowest BCUT2D eigenvalue weighted by Crippen LogP contribution is -2.50. The van der Waals surface area contributed by atoms with Crippen LogP contribution < -0.4 is 0 Å². The van der Waals surface area contributed by atoms with Gasteiger partial charge in [-0.15, -0.1) is 0 Å². The monoisotopic (exact) mass is 400 g/mol. The van der Waals surface area contributed by atoms with Crippen molar-refractivity contribution in [3.05, 3.63) is 70.3 Å². The van der Waals surface area contributed by atoms with Crippen LogP contribution in [0.3, 0.4) is 0 Å². The lowest BCUT2D eigenvalue weighted by Gasteiger charge is -2.33. The highest BCUT2D eigenvalue weighted by Gasteiger charge is 2.28. The molecule has 6 nitrogen and oxygen atoms in total. The maximum absolute atomic E-state index is 13.2. The molecule has 0 aromatic heterocycles. The predicted molar refractivity (Wildman–Crippen MR) is 108 cm³/mol. The Bertz CT molecular complexity index is 1020. The molecule has 1 aliphatic rings. The summed E-state index contributed by atoms with van der Waals surface area (Å²) in [4.78, 5) is 27.8. The summed E-state index contributed by atoms with van der Waals surface area (Å²) in [6.45, 7) is 4.93. The molecule has 1 amide bonds. The van der Waals surface area contributed by atoms with E-state index in [9.17, 15) is 18.0 Å². The van der Waals surface area contributed by atoms with Gasteiger partial charge >= 0.3 is 0 Å². The zero-order chi connectivity index (χ0) is 20.5. The molecule has 0 radical (unpaired) electrons. The summed E-state index contributed by atoms with van der Waals surface area (Å²) in [6, 6.07) is 12.5. The third-order valence-electron chi connectivity index (χ3n) is 5.03. The van der Waals surface area contributed by atoms with Gasteiger partial charge in [-0.1, -0.05) is 35.9 Å². The molecule has 1 aliphatic heterocycles. The van der Waals surface area contributed by atoms with Gasteiger partial charge in [0.1, 0.15) is 0 Å². The van der Waals surface area contributed by atoms with Gasteiger partial charge in [0.05, 0.1) is 11.8 Å². The van der Waals surface area contributed by atoms with Crippen molar-refractivity contribution in [2.24, 2.45) is 0 Å². The first-order chi connectivity index (χ1) is 13.2. The average Bonchev–Trinajstić information content (AvgIpc) is 2.68. The van der Waals surface area contributed by atoms with Crippen molar-refractivity contribution < 1.29 is 18.0 Å². The maximum Gasteiger partial charge on any atom is 0.254 e. The molecule has 0 N–H and O–H groups in total. The second kappa shape index (κ2) is 7.85. The minimum atomic E-state index is -3.26. The summed E-state index contributed by atoms with van der Waals surface area (Å²) in [5, 5.41) is 0. The van der Waals surface area contributed by atoms with Crippen LogP contribution in [0.5, 0.6) is 0 Å². The van der Waals surface area contributed by atoms with Gasteiger partial charge in [-0.25, -0.2) is 8.42 Å². The Kier molecular flexibility index (Phi) is 5.67. The van der Waals surface area contributed by atoms with Gasteiger partial charge in [0.25, 0.3) is 5.91 Å². The van der Waals surface area contributed by atoms with E-state index in [-0.39, 0.29) is 24.8 Å².